The zero-order valence-electron chi connectivity index (χ0n) is 12.0. The molecule has 0 saturated heterocycles. The number of hydrogen-bond donors (Lipinski definition) is 1. The average molecular weight is 328 g/mol. The molecule has 2 rings (SSSR count). The van der Waals surface area contributed by atoms with Crippen LogP contribution >= 0.6 is 15.9 Å². The summed E-state index contributed by atoms with van der Waals surface area (Å²) in [5.74, 6) is 1.13. The first kappa shape index (κ1) is 14.6. The van der Waals surface area contributed by atoms with Crippen LogP contribution in [0.15, 0.2) is 4.47 Å². The summed E-state index contributed by atoms with van der Waals surface area (Å²) >= 11 is 3.45. The van der Waals surface area contributed by atoms with E-state index in [2.05, 4.69) is 40.2 Å². The minimum absolute atomic E-state index is 0.0680. The third-order valence-corrected chi connectivity index (χ3v) is 5.45. The van der Waals surface area contributed by atoms with Gasteiger partial charge in [0.25, 0.3) is 5.91 Å². The van der Waals surface area contributed by atoms with E-state index in [9.17, 15) is 4.79 Å². The van der Waals surface area contributed by atoms with E-state index in [-0.39, 0.29) is 11.9 Å². The number of aromatic nitrogens is 2. The minimum Gasteiger partial charge on any atom is -0.348 e. The van der Waals surface area contributed by atoms with Crippen LogP contribution in [-0.2, 0) is 7.05 Å². The van der Waals surface area contributed by atoms with E-state index in [1.807, 2.05) is 14.0 Å². The third kappa shape index (κ3) is 2.86. The highest BCUT2D eigenvalue weighted by molar-refractivity contribution is 9.10. The number of amides is 1. The molecule has 4 nitrogen and oxygen atoms in total. The monoisotopic (exact) mass is 327 g/mol. The molecule has 0 aromatic carbocycles. The minimum atomic E-state index is -0.0680. The second-order valence-electron chi connectivity index (χ2n) is 5.72. The predicted octanol–water partition coefficient (Wildman–Crippen LogP) is 3.05. The predicted molar refractivity (Wildman–Crippen MR) is 79.1 cm³/mol. The van der Waals surface area contributed by atoms with Gasteiger partial charge >= 0.3 is 0 Å². The Labute approximate surface area is 123 Å². The summed E-state index contributed by atoms with van der Waals surface area (Å²) in [6.07, 6.45) is 3.53. The fourth-order valence-corrected chi connectivity index (χ4v) is 3.27. The molecule has 1 fully saturated rings. The van der Waals surface area contributed by atoms with Crippen LogP contribution in [0.25, 0.3) is 0 Å². The van der Waals surface area contributed by atoms with Gasteiger partial charge < -0.3 is 5.32 Å². The van der Waals surface area contributed by atoms with Crippen molar-refractivity contribution in [1.29, 1.82) is 0 Å². The van der Waals surface area contributed by atoms with Gasteiger partial charge in [-0.2, -0.15) is 5.10 Å². The van der Waals surface area contributed by atoms with E-state index >= 15 is 0 Å². The molecule has 3 atom stereocenters. The maximum atomic E-state index is 12.3. The summed E-state index contributed by atoms with van der Waals surface area (Å²) in [5.41, 5.74) is 1.46. The quantitative estimate of drug-likeness (QED) is 0.907. The highest BCUT2D eigenvalue weighted by atomic mass is 79.9. The van der Waals surface area contributed by atoms with E-state index in [1.165, 1.54) is 12.8 Å². The lowest BCUT2D eigenvalue weighted by Crippen LogP contribution is -2.43. The van der Waals surface area contributed by atoms with Crippen LogP contribution in [-0.4, -0.2) is 21.7 Å². The van der Waals surface area contributed by atoms with Crippen LogP contribution in [0.1, 0.15) is 49.3 Å². The molecule has 1 N–H and O–H groups in total. The Morgan fingerprint density at radius 2 is 2.11 bits per heavy atom. The van der Waals surface area contributed by atoms with Crippen molar-refractivity contribution in [3.63, 3.8) is 0 Å². The number of carbonyl (C=O) groups excluding carboxylic acids is 1. The van der Waals surface area contributed by atoms with E-state index in [0.717, 1.165) is 16.6 Å². The van der Waals surface area contributed by atoms with E-state index in [0.29, 0.717) is 17.5 Å². The van der Waals surface area contributed by atoms with Gasteiger partial charge in [0.2, 0.25) is 0 Å². The lowest BCUT2D eigenvalue weighted by Gasteiger charge is -2.34. The maximum Gasteiger partial charge on any atom is 0.273 e. The lowest BCUT2D eigenvalue weighted by atomic mass is 9.78. The molecule has 0 radical (unpaired) electrons. The van der Waals surface area contributed by atoms with Gasteiger partial charge in [-0.3, -0.25) is 9.48 Å². The van der Waals surface area contributed by atoms with Crippen molar-refractivity contribution < 1.29 is 4.79 Å². The van der Waals surface area contributed by atoms with Crippen molar-refractivity contribution >= 4 is 21.8 Å². The van der Waals surface area contributed by atoms with E-state index < -0.39 is 0 Å². The lowest BCUT2D eigenvalue weighted by molar-refractivity contribution is 0.0884. The van der Waals surface area contributed by atoms with Crippen LogP contribution in [0.5, 0.6) is 0 Å². The molecule has 106 valence electrons. The normalized spacial score (nSPS) is 27.3. The number of aryl methyl sites for hydroxylation is 1. The van der Waals surface area contributed by atoms with Gasteiger partial charge in [-0.1, -0.05) is 26.7 Å². The fourth-order valence-electron chi connectivity index (χ4n) is 2.75. The Kier molecular flexibility index (Phi) is 4.33. The van der Waals surface area contributed by atoms with Gasteiger partial charge in [-0.15, -0.1) is 0 Å². The standard InChI is InChI=1S/C14H22BrN3O/c1-8-6-5-7-11(9(8)2)16-14(19)13-12(15)10(3)18(4)17-13/h8-9,11H,5-7H2,1-4H3,(H,16,19)/t8-,9-,11+/m0/s1. The Morgan fingerprint density at radius 1 is 1.42 bits per heavy atom. The summed E-state index contributed by atoms with van der Waals surface area (Å²) in [7, 11) is 1.85. The third-order valence-electron chi connectivity index (χ3n) is 4.50. The Bertz CT molecular complexity index is 483. The summed E-state index contributed by atoms with van der Waals surface area (Å²) in [5, 5.41) is 7.43. The van der Waals surface area contributed by atoms with Crippen molar-refractivity contribution in [3.8, 4) is 0 Å². The average Bonchev–Trinajstić information content (AvgIpc) is 2.63. The molecule has 1 aromatic rings. The molecule has 1 aliphatic rings. The SMILES string of the molecule is Cc1c(Br)c(C(=O)N[C@@H]2CCC[C@H](C)[C@@H]2C)nn1C. The molecule has 19 heavy (non-hydrogen) atoms. The molecule has 1 aliphatic carbocycles. The maximum absolute atomic E-state index is 12.3. The molecule has 0 spiro atoms. The summed E-state index contributed by atoms with van der Waals surface area (Å²) in [6.45, 7) is 6.44. The second-order valence-corrected chi connectivity index (χ2v) is 6.51. The van der Waals surface area contributed by atoms with Gasteiger partial charge in [0, 0.05) is 13.1 Å². The number of hydrogen-bond acceptors (Lipinski definition) is 2. The molecule has 1 saturated carbocycles. The van der Waals surface area contributed by atoms with E-state index in [1.54, 1.807) is 4.68 Å². The number of halogens is 1. The van der Waals surface area contributed by atoms with Gasteiger partial charge in [0.1, 0.15) is 0 Å². The van der Waals surface area contributed by atoms with Crippen LogP contribution in [0.4, 0.5) is 0 Å². The van der Waals surface area contributed by atoms with Crippen molar-refractivity contribution in [3.05, 3.63) is 15.9 Å². The number of nitrogens with one attached hydrogen (secondary N) is 1. The van der Waals surface area contributed by atoms with Crippen LogP contribution in [0, 0.1) is 18.8 Å². The molecule has 1 aromatic heterocycles. The largest absolute Gasteiger partial charge is 0.348 e. The van der Waals surface area contributed by atoms with Crippen LogP contribution in [0.3, 0.4) is 0 Å². The van der Waals surface area contributed by atoms with Gasteiger partial charge in [-0.05, 0) is 41.1 Å². The van der Waals surface area contributed by atoms with Crippen molar-refractivity contribution in [2.24, 2.45) is 18.9 Å². The summed E-state index contributed by atoms with van der Waals surface area (Å²) in [6, 6.07) is 0.269. The number of nitrogens with zero attached hydrogens (tertiary/aromatic N) is 2. The molecular weight excluding hydrogens is 306 g/mol. The highest BCUT2D eigenvalue weighted by Crippen LogP contribution is 2.30. The molecule has 5 heteroatoms. The number of carbonyl (C=O) groups is 1. The Morgan fingerprint density at radius 3 is 2.68 bits per heavy atom. The Balaban J connectivity index is 2.10. The molecule has 1 amide bonds. The van der Waals surface area contributed by atoms with Crippen LogP contribution in [0.2, 0.25) is 0 Å². The summed E-state index contributed by atoms with van der Waals surface area (Å²) < 4.78 is 2.52. The zero-order valence-corrected chi connectivity index (χ0v) is 13.6. The zero-order chi connectivity index (χ0) is 14.2. The van der Waals surface area contributed by atoms with Crippen LogP contribution < -0.4 is 5.32 Å². The van der Waals surface area contributed by atoms with E-state index in [4.69, 9.17) is 0 Å². The fraction of sp³-hybridized carbons (Fsp3) is 0.714. The molecule has 0 aliphatic heterocycles. The topological polar surface area (TPSA) is 46.9 Å². The second kappa shape index (κ2) is 5.65. The first-order valence-electron chi connectivity index (χ1n) is 6.91. The number of rotatable bonds is 2. The molecular formula is C14H22BrN3O. The van der Waals surface area contributed by atoms with Gasteiger partial charge in [0.15, 0.2) is 5.69 Å². The Hall–Kier alpha value is -0.840. The molecule has 0 unspecified atom stereocenters. The van der Waals surface area contributed by atoms with Crippen molar-refractivity contribution in [2.75, 3.05) is 0 Å². The smallest absolute Gasteiger partial charge is 0.273 e. The first-order chi connectivity index (χ1) is 8.91. The molecule has 1 heterocycles. The van der Waals surface area contributed by atoms with Crippen molar-refractivity contribution in [1.82, 2.24) is 15.1 Å². The van der Waals surface area contributed by atoms with Gasteiger partial charge in [0.05, 0.1) is 10.2 Å². The molecule has 0 bridgehead atoms. The first-order valence-corrected chi connectivity index (χ1v) is 7.71. The van der Waals surface area contributed by atoms with Crippen molar-refractivity contribution in [2.45, 2.75) is 46.1 Å². The van der Waals surface area contributed by atoms with Gasteiger partial charge in [-0.25, -0.2) is 0 Å². The highest BCUT2D eigenvalue weighted by Gasteiger charge is 2.29. The summed E-state index contributed by atoms with van der Waals surface area (Å²) in [4.78, 5) is 12.3.